The summed E-state index contributed by atoms with van der Waals surface area (Å²) in [5.74, 6) is 0.877. The molecule has 0 radical (unpaired) electrons. The van der Waals surface area contributed by atoms with Crippen molar-refractivity contribution in [3.8, 4) is 0 Å². The van der Waals surface area contributed by atoms with Gasteiger partial charge in [-0.05, 0) is 31.2 Å². The van der Waals surface area contributed by atoms with Gasteiger partial charge in [0.1, 0.15) is 5.84 Å². The molecule has 1 atom stereocenters. The zero-order valence-corrected chi connectivity index (χ0v) is 13.2. The van der Waals surface area contributed by atoms with Gasteiger partial charge in [0.15, 0.2) is 0 Å². The number of amidine groups is 1. The number of nitrogens with one attached hydrogen (secondary N) is 1. The molecule has 2 aliphatic heterocycles. The summed E-state index contributed by atoms with van der Waals surface area (Å²) in [6.45, 7) is 8.96. The van der Waals surface area contributed by atoms with Gasteiger partial charge in [-0.1, -0.05) is 50.3 Å². The van der Waals surface area contributed by atoms with Gasteiger partial charge in [-0.15, -0.1) is 0 Å². The molecule has 0 spiro atoms. The topological polar surface area (TPSA) is 36.8 Å². The SMILES string of the molecule is CC.CC1=CN=C2C(=NCc3ccccc3)NC=CC12C. The third-order valence-corrected chi connectivity index (χ3v) is 3.82. The lowest BCUT2D eigenvalue weighted by Crippen LogP contribution is -2.41. The maximum absolute atomic E-state index is 4.67. The highest BCUT2D eigenvalue weighted by Crippen LogP contribution is 2.36. The first-order valence-corrected chi connectivity index (χ1v) is 7.49. The standard InChI is InChI=1S/C16H17N3.C2H6/c1-12-10-18-14-15(17-9-8-16(12,14)2)19-11-13-6-4-3-5-7-13;1-2/h3-10H,11H2,1-2H3,(H,17,19);1-2H3. The second-order valence-corrected chi connectivity index (χ2v) is 5.12. The van der Waals surface area contributed by atoms with E-state index in [9.17, 15) is 0 Å². The molecular formula is C18H23N3. The van der Waals surface area contributed by atoms with Gasteiger partial charge in [0.05, 0.1) is 17.7 Å². The fourth-order valence-electron chi connectivity index (χ4n) is 2.36. The van der Waals surface area contributed by atoms with E-state index >= 15 is 0 Å². The molecule has 2 aliphatic rings. The summed E-state index contributed by atoms with van der Waals surface area (Å²) in [4.78, 5) is 9.18. The largest absolute Gasteiger partial charge is 0.346 e. The summed E-state index contributed by atoms with van der Waals surface area (Å²) in [6, 6.07) is 10.3. The van der Waals surface area contributed by atoms with E-state index in [4.69, 9.17) is 0 Å². The van der Waals surface area contributed by atoms with Crippen molar-refractivity contribution in [3.63, 3.8) is 0 Å². The third-order valence-electron chi connectivity index (χ3n) is 3.82. The Morgan fingerprint density at radius 2 is 1.90 bits per heavy atom. The van der Waals surface area contributed by atoms with Crippen LogP contribution in [0.4, 0.5) is 0 Å². The van der Waals surface area contributed by atoms with Crippen LogP contribution < -0.4 is 5.32 Å². The Kier molecular flexibility index (Phi) is 4.73. The molecule has 0 bridgehead atoms. The molecule has 1 N–H and O–H groups in total. The molecule has 0 aliphatic carbocycles. The van der Waals surface area contributed by atoms with Crippen LogP contribution in [0.15, 0.2) is 64.4 Å². The van der Waals surface area contributed by atoms with Gasteiger partial charge in [0.2, 0.25) is 0 Å². The number of fused-ring (bicyclic) bond motifs is 1. The van der Waals surface area contributed by atoms with Crippen LogP contribution in [0.3, 0.4) is 0 Å². The average molecular weight is 281 g/mol. The molecule has 1 aromatic rings. The smallest absolute Gasteiger partial charge is 0.148 e. The fourth-order valence-corrected chi connectivity index (χ4v) is 2.36. The number of benzene rings is 1. The monoisotopic (exact) mass is 281 g/mol. The van der Waals surface area contributed by atoms with Crippen molar-refractivity contribution in [2.75, 3.05) is 0 Å². The van der Waals surface area contributed by atoms with Gasteiger partial charge < -0.3 is 5.32 Å². The number of rotatable bonds is 2. The molecule has 21 heavy (non-hydrogen) atoms. The Hall–Kier alpha value is -2.16. The number of hydrogen-bond donors (Lipinski definition) is 1. The van der Waals surface area contributed by atoms with Gasteiger partial charge in [0, 0.05) is 6.20 Å². The van der Waals surface area contributed by atoms with E-state index in [-0.39, 0.29) is 5.41 Å². The maximum Gasteiger partial charge on any atom is 0.148 e. The third kappa shape index (κ3) is 2.97. The van der Waals surface area contributed by atoms with Crippen LogP contribution in [0.5, 0.6) is 0 Å². The van der Waals surface area contributed by atoms with E-state index in [1.54, 1.807) is 0 Å². The molecule has 0 saturated carbocycles. The first kappa shape index (κ1) is 15.2. The number of nitrogens with zero attached hydrogens (tertiary/aromatic N) is 2. The maximum atomic E-state index is 4.67. The molecule has 1 unspecified atom stereocenters. The minimum absolute atomic E-state index is 0.0965. The number of aliphatic imine (C=N–C) groups is 2. The van der Waals surface area contributed by atoms with E-state index < -0.39 is 0 Å². The van der Waals surface area contributed by atoms with Gasteiger partial charge in [-0.2, -0.15) is 0 Å². The van der Waals surface area contributed by atoms with Crippen LogP contribution in [0.1, 0.15) is 33.3 Å². The molecule has 0 saturated heterocycles. The molecule has 0 amide bonds. The van der Waals surface area contributed by atoms with Gasteiger partial charge in [-0.25, -0.2) is 0 Å². The van der Waals surface area contributed by atoms with Crippen molar-refractivity contribution in [2.24, 2.45) is 15.4 Å². The van der Waals surface area contributed by atoms with E-state index in [2.05, 4.69) is 47.4 Å². The molecule has 3 rings (SSSR count). The Labute approximate surface area is 127 Å². The molecule has 1 aromatic carbocycles. The fraction of sp³-hybridized carbons (Fsp3) is 0.333. The Bertz CT molecular complexity index is 609. The quantitative estimate of drug-likeness (QED) is 0.870. The van der Waals surface area contributed by atoms with Crippen molar-refractivity contribution in [2.45, 2.75) is 34.2 Å². The molecule has 3 nitrogen and oxygen atoms in total. The molecule has 0 fully saturated rings. The van der Waals surface area contributed by atoms with Crippen molar-refractivity contribution >= 4 is 11.5 Å². The zero-order chi connectivity index (χ0) is 15.3. The van der Waals surface area contributed by atoms with Crippen molar-refractivity contribution in [3.05, 3.63) is 59.9 Å². The van der Waals surface area contributed by atoms with Gasteiger partial charge >= 0.3 is 0 Å². The lowest BCUT2D eigenvalue weighted by atomic mass is 9.78. The predicted octanol–water partition coefficient (Wildman–Crippen LogP) is 4.09. The van der Waals surface area contributed by atoms with E-state index in [1.807, 2.05) is 44.4 Å². The Morgan fingerprint density at radius 3 is 2.62 bits per heavy atom. The van der Waals surface area contributed by atoms with Gasteiger partial charge in [-0.3, -0.25) is 9.98 Å². The summed E-state index contributed by atoms with van der Waals surface area (Å²) in [6.07, 6.45) is 6.04. The zero-order valence-electron chi connectivity index (χ0n) is 13.2. The first-order valence-electron chi connectivity index (χ1n) is 7.49. The summed E-state index contributed by atoms with van der Waals surface area (Å²) in [7, 11) is 0. The minimum atomic E-state index is -0.0965. The summed E-state index contributed by atoms with van der Waals surface area (Å²) >= 11 is 0. The second-order valence-electron chi connectivity index (χ2n) is 5.12. The van der Waals surface area contributed by atoms with Crippen LogP contribution in [0.25, 0.3) is 0 Å². The summed E-state index contributed by atoms with van der Waals surface area (Å²) in [5.41, 5.74) is 3.38. The highest BCUT2D eigenvalue weighted by molar-refractivity contribution is 6.45. The summed E-state index contributed by atoms with van der Waals surface area (Å²) < 4.78 is 0. The van der Waals surface area contributed by atoms with Crippen LogP contribution in [-0.2, 0) is 6.54 Å². The molecule has 3 heteroatoms. The van der Waals surface area contributed by atoms with Crippen molar-refractivity contribution in [1.82, 2.24) is 5.32 Å². The molecular weight excluding hydrogens is 258 g/mol. The highest BCUT2D eigenvalue weighted by atomic mass is 15.0. The molecule has 2 heterocycles. The second kappa shape index (κ2) is 6.53. The van der Waals surface area contributed by atoms with Gasteiger partial charge in [0.25, 0.3) is 0 Å². The first-order chi connectivity index (χ1) is 10.2. The molecule has 0 aromatic heterocycles. The highest BCUT2D eigenvalue weighted by Gasteiger charge is 2.38. The van der Waals surface area contributed by atoms with Crippen molar-refractivity contribution in [1.29, 1.82) is 0 Å². The lowest BCUT2D eigenvalue weighted by molar-refractivity contribution is 0.720. The molecule has 110 valence electrons. The van der Waals surface area contributed by atoms with Crippen LogP contribution in [0, 0.1) is 5.41 Å². The summed E-state index contributed by atoms with van der Waals surface area (Å²) in [5, 5.41) is 3.21. The normalized spacial score (nSPS) is 24.5. The predicted molar refractivity (Wildman–Crippen MR) is 90.5 cm³/mol. The lowest BCUT2D eigenvalue weighted by Gasteiger charge is -2.29. The minimum Gasteiger partial charge on any atom is -0.346 e. The number of allylic oxidation sites excluding steroid dienone is 2. The number of hydrogen-bond acceptors (Lipinski definition) is 2. The Morgan fingerprint density at radius 1 is 1.19 bits per heavy atom. The van der Waals surface area contributed by atoms with Crippen LogP contribution in [-0.4, -0.2) is 11.5 Å². The van der Waals surface area contributed by atoms with E-state index in [1.165, 1.54) is 11.1 Å². The average Bonchev–Trinajstić information content (AvgIpc) is 2.84. The van der Waals surface area contributed by atoms with Crippen molar-refractivity contribution < 1.29 is 0 Å². The van der Waals surface area contributed by atoms with E-state index in [0.717, 1.165) is 11.5 Å². The van der Waals surface area contributed by atoms with E-state index in [0.29, 0.717) is 6.54 Å². The Balaban J connectivity index is 0.000000774. The van der Waals surface area contributed by atoms with Crippen LogP contribution in [0.2, 0.25) is 0 Å². The van der Waals surface area contributed by atoms with Crippen LogP contribution >= 0.6 is 0 Å².